The minimum atomic E-state index is 0.417. The largest absolute Gasteiger partial charge is 0.306 e. The number of imidazole rings is 3. The van der Waals surface area contributed by atoms with Crippen LogP contribution in [0.25, 0.3) is 117 Å². The zero-order chi connectivity index (χ0) is 69.8. The predicted molar refractivity (Wildman–Crippen MR) is 417 cm³/mol. The van der Waals surface area contributed by atoms with Crippen LogP contribution in [0.15, 0.2) is 219 Å². The zero-order valence-electron chi connectivity index (χ0n) is 58.1. The molecule has 15 nitrogen and oxygen atoms in total. The second-order valence-electron chi connectivity index (χ2n) is 28.1. The molecule has 6 aromatic carbocycles. The number of hydrogen-bond donors (Lipinski definition) is 0. The molecule has 0 amide bonds. The molecule has 18 heteroatoms. The molecule has 10 heterocycles. The highest BCUT2D eigenvalue weighted by Gasteiger charge is 2.40. The molecular formula is C85H78Cl3N15. The van der Waals surface area contributed by atoms with Gasteiger partial charge in [-0.2, -0.15) is 0 Å². The fourth-order valence-electron chi connectivity index (χ4n) is 15.9. The maximum atomic E-state index is 6.65. The second-order valence-corrected chi connectivity index (χ2v) is 29.1. The molecule has 15 aromatic rings. The first kappa shape index (κ1) is 66.4. The second kappa shape index (κ2) is 28.4. The maximum absolute atomic E-state index is 6.65. The van der Waals surface area contributed by atoms with Gasteiger partial charge in [-0.15, -0.1) is 0 Å². The van der Waals surface area contributed by atoms with Gasteiger partial charge in [-0.3, -0.25) is 13.2 Å². The molecule has 0 unspecified atom stereocenters. The quantitative estimate of drug-likeness (QED) is 0.102. The van der Waals surface area contributed by atoms with Crippen LogP contribution in [0.4, 0.5) is 0 Å². The summed E-state index contributed by atoms with van der Waals surface area (Å²) in [5.74, 6) is 4.52. The highest BCUT2D eigenvalue weighted by Crippen LogP contribution is 2.46. The maximum Gasteiger partial charge on any atom is 0.155 e. The topological polar surface area (TPSA) is 139 Å². The number of aromatic nitrogens is 12. The molecule has 0 atom stereocenters. The van der Waals surface area contributed by atoms with E-state index in [-0.39, 0.29) is 0 Å². The molecule has 514 valence electrons. The van der Waals surface area contributed by atoms with Gasteiger partial charge >= 0.3 is 0 Å². The lowest BCUT2D eigenvalue weighted by atomic mass is 9.78. The molecule has 1 aliphatic heterocycles. The van der Waals surface area contributed by atoms with Crippen LogP contribution in [0.1, 0.15) is 100 Å². The summed E-state index contributed by atoms with van der Waals surface area (Å²) < 4.78 is 6.43. The molecule has 1 saturated heterocycles. The van der Waals surface area contributed by atoms with Crippen LogP contribution in [-0.4, -0.2) is 131 Å². The van der Waals surface area contributed by atoms with E-state index in [0.29, 0.717) is 51.3 Å². The zero-order valence-corrected chi connectivity index (χ0v) is 60.3. The summed E-state index contributed by atoms with van der Waals surface area (Å²) in [6, 6.07) is 64.4. The average Bonchev–Trinajstić information content (AvgIpc) is 1.61. The molecule has 9 aromatic heterocycles. The molecule has 0 radical (unpaired) electrons. The Labute approximate surface area is 613 Å². The van der Waals surface area contributed by atoms with E-state index in [4.69, 9.17) is 64.7 Å². The first-order valence-corrected chi connectivity index (χ1v) is 37.2. The van der Waals surface area contributed by atoms with Crippen molar-refractivity contribution in [2.75, 3.05) is 40.3 Å². The van der Waals surface area contributed by atoms with Crippen molar-refractivity contribution in [2.45, 2.75) is 101 Å². The summed E-state index contributed by atoms with van der Waals surface area (Å²) in [6.07, 6.45) is 20.7. The predicted octanol–water partition coefficient (Wildman–Crippen LogP) is 19.5. The van der Waals surface area contributed by atoms with E-state index in [1.807, 2.05) is 73.2 Å². The van der Waals surface area contributed by atoms with E-state index in [9.17, 15) is 0 Å². The van der Waals surface area contributed by atoms with E-state index in [2.05, 4.69) is 198 Å². The third-order valence-corrected chi connectivity index (χ3v) is 22.7. The number of halogens is 3. The summed E-state index contributed by atoms with van der Waals surface area (Å²) in [5, 5.41) is 4.74. The van der Waals surface area contributed by atoms with Gasteiger partial charge < -0.3 is 14.7 Å². The van der Waals surface area contributed by atoms with Crippen molar-refractivity contribution in [3.8, 4) is 67.5 Å². The fourth-order valence-corrected chi connectivity index (χ4v) is 16.6. The normalized spacial score (nSPS) is 18.8. The van der Waals surface area contributed by atoms with Crippen LogP contribution >= 0.6 is 34.8 Å². The monoisotopic (exact) mass is 1410 g/mol. The molecule has 4 aliphatic rings. The fraction of sp³-hybridized carbons (Fsp3) is 0.259. The van der Waals surface area contributed by atoms with Crippen LogP contribution < -0.4 is 0 Å². The van der Waals surface area contributed by atoms with Crippen molar-refractivity contribution in [1.82, 2.24) is 72.8 Å². The molecule has 19 rings (SSSR count). The summed E-state index contributed by atoms with van der Waals surface area (Å²) in [6.45, 7) is 9.15. The molecule has 3 saturated carbocycles. The molecule has 4 fully saturated rings. The third kappa shape index (κ3) is 12.9. The number of nitrogens with zero attached hydrogens (tertiary/aromatic N) is 15. The van der Waals surface area contributed by atoms with Crippen LogP contribution in [0.2, 0.25) is 15.5 Å². The van der Waals surface area contributed by atoms with Crippen LogP contribution in [0.3, 0.4) is 0 Å². The summed E-state index contributed by atoms with van der Waals surface area (Å²) in [4.78, 5) is 50.9. The molecular weight excluding hydrogens is 1340 g/mol. The van der Waals surface area contributed by atoms with Gasteiger partial charge in [0, 0.05) is 123 Å². The van der Waals surface area contributed by atoms with Crippen molar-refractivity contribution in [2.24, 2.45) is 0 Å². The van der Waals surface area contributed by atoms with Gasteiger partial charge in [0.05, 0.1) is 50.7 Å². The summed E-state index contributed by atoms with van der Waals surface area (Å²) >= 11 is 19.9. The number of benzene rings is 6. The van der Waals surface area contributed by atoms with Gasteiger partial charge in [0.15, 0.2) is 15.5 Å². The Kier molecular flexibility index (Phi) is 18.3. The van der Waals surface area contributed by atoms with Crippen molar-refractivity contribution >= 4 is 84.1 Å². The Bertz CT molecular complexity index is 5380. The molecule has 103 heavy (non-hydrogen) atoms. The van der Waals surface area contributed by atoms with Crippen molar-refractivity contribution in [3.63, 3.8) is 0 Å². The van der Waals surface area contributed by atoms with Crippen molar-refractivity contribution in [1.29, 1.82) is 0 Å². The van der Waals surface area contributed by atoms with E-state index < -0.39 is 0 Å². The highest BCUT2D eigenvalue weighted by molar-refractivity contribution is 6.34. The van der Waals surface area contributed by atoms with E-state index in [0.717, 1.165) is 186 Å². The Morgan fingerprint density at radius 1 is 0.379 bits per heavy atom. The Morgan fingerprint density at radius 2 is 0.709 bits per heavy atom. The average molecular weight is 1420 g/mol. The van der Waals surface area contributed by atoms with Gasteiger partial charge in [0.2, 0.25) is 0 Å². The first-order chi connectivity index (χ1) is 50.5. The van der Waals surface area contributed by atoms with Crippen LogP contribution in [0.5, 0.6) is 0 Å². The third-order valence-electron chi connectivity index (χ3n) is 21.9. The number of pyridine rings is 3. The number of fused-ring (bicyclic) bond motifs is 6. The van der Waals surface area contributed by atoms with Crippen molar-refractivity contribution < 1.29 is 0 Å². The van der Waals surface area contributed by atoms with E-state index in [1.54, 1.807) is 18.6 Å². The molecule has 0 bridgehead atoms. The molecule has 0 N–H and O–H groups in total. The van der Waals surface area contributed by atoms with Crippen LogP contribution in [-0.2, 0) is 0 Å². The van der Waals surface area contributed by atoms with Gasteiger partial charge in [-0.05, 0) is 128 Å². The SMILES string of the molecule is CCN(CC)C1CC(c2nc(-c3ccc4ccc(-c5ccccc5)nc4c3)c3c(Cl)nccn23)C1.CN(C)C1CC(c2nc(-c3ccc4ccc(-c5ccccc5)nc4c3)c3c(Cl)nccn23)C1.Clc1nccn2c(C3CC(N4CCCC4)C3)nc(-c3ccc4ccc(-c5ccccc5)nc4c3)c12. The van der Waals surface area contributed by atoms with Crippen molar-refractivity contribution in [3.05, 3.63) is 252 Å². The minimum Gasteiger partial charge on any atom is -0.306 e. The Morgan fingerprint density at radius 3 is 1.05 bits per heavy atom. The molecule has 3 aliphatic carbocycles. The van der Waals surface area contributed by atoms with E-state index >= 15 is 0 Å². The number of likely N-dealkylation sites (tertiary alicyclic amines) is 1. The van der Waals surface area contributed by atoms with Gasteiger partial charge in [-0.25, -0.2) is 44.9 Å². The molecule has 0 spiro atoms. The van der Waals surface area contributed by atoms with Gasteiger partial charge in [0.25, 0.3) is 0 Å². The lowest BCUT2D eigenvalue weighted by Gasteiger charge is -2.41. The summed E-state index contributed by atoms with van der Waals surface area (Å²) in [5.41, 5.74) is 17.3. The number of rotatable bonds is 14. The van der Waals surface area contributed by atoms with E-state index in [1.165, 1.54) is 25.9 Å². The Balaban J connectivity index is 0.000000115. The van der Waals surface area contributed by atoms with Crippen LogP contribution in [0, 0.1) is 0 Å². The van der Waals surface area contributed by atoms with Gasteiger partial charge in [-0.1, -0.05) is 194 Å². The highest BCUT2D eigenvalue weighted by atomic mass is 35.5. The first-order valence-electron chi connectivity index (χ1n) is 36.1. The summed E-state index contributed by atoms with van der Waals surface area (Å²) in [7, 11) is 4.28. The minimum absolute atomic E-state index is 0.417. The smallest absolute Gasteiger partial charge is 0.155 e. The lowest BCUT2D eigenvalue weighted by molar-refractivity contribution is 0.117. The lowest BCUT2D eigenvalue weighted by Crippen LogP contribution is -2.44. The number of hydrogen-bond acceptors (Lipinski definition) is 12. The van der Waals surface area contributed by atoms with Gasteiger partial charge in [0.1, 0.15) is 34.0 Å². The standard InChI is InChI=1S/C29H26ClN5.C29H28ClN5.C27H24ClN5/c30-28-27-26(21-9-8-20-10-11-24(32-25(20)18-21)19-6-2-1-3-7-19)33-29(35(27)15-12-31-28)22-16-23(17-22)34-13-4-5-14-34;1-3-34(4-2)23-16-22(17-23)29-33-26(27-28(30)31-14-15-35(27)29)21-11-10-20-12-13-24(32-25(20)18-21)19-8-6-5-7-9-19;1-32(2)21-14-20(15-21)27-31-24(25-26(28)29-12-13-33(25)27)19-9-8-18-10-11-22(30-23(18)16-19)17-6-4-3-5-7-17/h1-3,6-12,15,18,22-23H,4-5,13-14,16-17H2;5-15,18,22-23H,3-4,16-17H2,1-2H3;3-13,16,20-21H,14-15H2,1-2H3. The Hall–Kier alpha value is -9.84.